The van der Waals surface area contributed by atoms with Gasteiger partial charge in [0.15, 0.2) is 9.84 Å². The zero-order valence-corrected chi connectivity index (χ0v) is 14.2. The summed E-state index contributed by atoms with van der Waals surface area (Å²) in [6.45, 7) is 1.93. The lowest BCUT2D eigenvalue weighted by atomic mass is 10.4. The standard InChI is InChI=1S/C12H12BrNO2S3/c1-9-8-18-12(14-9)17-6-7-19(15,16)11-4-2-10(13)3-5-11/h2-5,8H,6-7H2,1H3. The van der Waals surface area contributed by atoms with Crippen molar-refractivity contribution in [2.75, 3.05) is 11.5 Å². The van der Waals surface area contributed by atoms with Crippen molar-refractivity contribution in [3.8, 4) is 0 Å². The first kappa shape index (κ1) is 15.0. The molecule has 2 aromatic rings. The van der Waals surface area contributed by atoms with Crippen LogP contribution in [0.15, 0.2) is 43.4 Å². The lowest BCUT2D eigenvalue weighted by Gasteiger charge is -2.03. The molecule has 19 heavy (non-hydrogen) atoms. The van der Waals surface area contributed by atoms with Gasteiger partial charge in [-0.25, -0.2) is 13.4 Å². The van der Waals surface area contributed by atoms with Gasteiger partial charge in [0.1, 0.15) is 4.34 Å². The molecule has 0 saturated carbocycles. The first-order valence-electron chi connectivity index (χ1n) is 5.50. The van der Waals surface area contributed by atoms with E-state index in [2.05, 4.69) is 20.9 Å². The molecule has 0 aliphatic rings. The highest BCUT2D eigenvalue weighted by Gasteiger charge is 2.14. The minimum Gasteiger partial charge on any atom is -0.235 e. The highest BCUT2D eigenvalue weighted by atomic mass is 79.9. The number of sulfone groups is 1. The zero-order chi connectivity index (χ0) is 13.9. The van der Waals surface area contributed by atoms with Crippen LogP contribution in [-0.2, 0) is 9.84 Å². The predicted molar refractivity (Wildman–Crippen MR) is 83.8 cm³/mol. The van der Waals surface area contributed by atoms with Crippen LogP contribution in [0, 0.1) is 6.92 Å². The van der Waals surface area contributed by atoms with Crippen LogP contribution >= 0.6 is 39.0 Å². The summed E-state index contributed by atoms with van der Waals surface area (Å²) in [5, 5.41) is 1.96. The Hall–Kier alpha value is -0.370. The minimum absolute atomic E-state index is 0.123. The van der Waals surface area contributed by atoms with Crippen LogP contribution in [0.25, 0.3) is 0 Å². The summed E-state index contributed by atoms with van der Waals surface area (Å²) in [7, 11) is -3.21. The van der Waals surface area contributed by atoms with Gasteiger partial charge in [0.25, 0.3) is 0 Å². The highest BCUT2D eigenvalue weighted by Crippen LogP contribution is 2.23. The van der Waals surface area contributed by atoms with Gasteiger partial charge in [0.2, 0.25) is 0 Å². The molecule has 1 heterocycles. The number of hydrogen-bond donors (Lipinski definition) is 0. The predicted octanol–water partition coefficient (Wildman–Crippen LogP) is 3.78. The summed E-state index contributed by atoms with van der Waals surface area (Å²) in [5.41, 5.74) is 0.975. The van der Waals surface area contributed by atoms with Crippen LogP contribution in [0.1, 0.15) is 5.69 Å². The van der Waals surface area contributed by atoms with Crippen molar-refractivity contribution >= 4 is 48.9 Å². The number of nitrogens with zero attached hydrogens (tertiary/aromatic N) is 1. The second kappa shape index (κ2) is 6.39. The quantitative estimate of drug-likeness (QED) is 0.743. The second-order valence-corrected chi connectivity index (χ2v) is 9.10. The number of aromatic nitrogens is 1. The second-order valence-electron chi connectivity index (χ2n) is 3.88. The average Bonchev–Trinajstić information content (AvgIpc) is 2.75. The number of hydrogen-bond acceptors (Lipinski definition) is 5. The molecule has 3 nitrogen and oxygen atoms in total. The molecule has 2 rings (SSSR count). The van der Waals surface area contributed by atoms with Gasteiger partial charge in [-0.3, -0.25) is 0 Å². The fraction of sp³-hybridized carbons (Fsp3) is 0.250. The topological polar surface area (TPSA) is 47.0 Å². The van der Waals surface area contributed by atoms with E-state index in [1.807, 2.05) is 12.3 Å². The summed E-state index contributed by atoms with van der Waals surface area (Å²) in [5.74, 6) is 0.642. The lowest BCUT2D eigenvalue weighted by Crippen LogP contribution is -2.08. The number of thioether (sulfide) groups is 1. The molecular weight excluding hydrogens is 366 g/mol. The van der Waals surface area contributed by atoms with Crippen molar-refractivity contribution < 1.29 is 8.42 Å². The molecule has 0 saturated heterocycles. The molecule has 1 aromatic heterocycles. The summed E-state index contributed by atoms with van der Waals surface area (Å²) in [6.07, 6.45) is 0. The van der Waals surface area contributed by atoms with Crippen molar-refractivity contribution in [2.45, 2.75) is 16.2 Å². The average molecular weight is 378 g/mol. The van der Waals surface area contributed by atoms with Crippen LogP contribution < -0.4 is 0 Å². The van der Waals surface area contributed by atoms with Gasteiger partial charge in [-0.1, -0.05) is 27.7 Å². The Morgan fingerprint density at radius 1 is 1.32 bits per heavy atom. The van der Waals surface area contributed by atoms with Gasteiger partial charge >= 0.3 is 0 Å². The molecule has 0 N–H and O–H groups in total. The van der Waals surface area contributed by atoms with Gasteiger partial charge in [-0.05, 0) is 31.2 Å². The molecule has 0 unspecified atom stereocenters. The molecule has 0 aliphatic carbocycles. The monoisotopic (exact) mass is 377 g/mol. The summed E-state index contributed by atoms with van der Waals surface area (Å²) >= 11 is 6.33. The Morgan fingerprint density at radius 3 is 2.58 bits per heavy atom. The molecule has 0 radical (unpaired) electrons. The van der Waals surface area contributed by atoms with E-state index in [1.54, 1.807) is 35.6 Å². The fourth-order valence-corrected chi connectivity index (χ4v) is 5.23. The first-order valence-corrected chi connectivity index (χ1v) is 9.82. The Kier molecular flexibility index (Phi) is 5.05. The first-order chi connectivity index (χ1) is 8.97. The molecule has 0 atom stereocenters. The molecule has 0 spiro atoms. The van der Waals surface area contributed by atoms with Gasteiger partial charge in [0, 0.05) is 21.3 Å². The fourth-order valence-electron chi connectivity index (χ4n) is 1.40. The maximum atomic E-state index is 12.1. The molecule has 0 aliphatic heterocycles. The van der Waals surface area contributed by atoms with Crippen LogP contribution in [-0.4, -0.2) is 24.9 Å². The molecule has 0 amide bonds. The molecule has 102 valence electrons. The molecular formula is C12H12BrNO2S3. The summed E-state index contributed by atoms with van der Waals surface area (Å²) in [4.78, 5) is 4.66. The smallest absolute Gasteiger partial charge is 0.179 e. The third-order valence-electron chi connectivity index (χ3n) is 2.35. The third kappa shape index (κ3) is 4.30. The Balaban J connectivity index is 1.96. The number of rotatable bonds is 5. The SMILES string of the molecule is Cc1csc(SCCS(=O)(=O)c2ccc(Br)cc2)n1. The van der Waals surface area contributed by atoms with Gasteiger partial charge < -0.3 is 0 Å². The number of benzene rings is 1. The van der Waals surface area contributed by atoms with E-state index in [0.29, 0.717) is 10.6 Å². The largest absolute Gasteiger partial charge is 0.235 e. The van der Waals surface area contributed by atoms with Gasteiger partial charge in [-0.15, -0.1) is 11.3 Å². The normalized spacial score (nSPS) is 11.7. The molecule has 0 bridgehead atoms. The van der Waals surface area contributed by atoms with Crippen molar-refractivity contribution in [3.63, 3.8) is 0 Å². The van der Waals surface area contributed by atoms with Crippen LogP contribution in [0.5, 0.6) is 0 Å². The van der Waals surface area contributed by atoms with E-state index in [1.165, 1.54) is 11.8 Å². The maximum absolute atomic E-state index is 12.1. The lowest BCUT2D eigenvalue weighted by molar-refractivity contribution is 0.597. The third-order valence-corrected chi connectivity index (χ3v) is 7.01. The number of thiazole rings is 1. The van der Waals surface area contributed by atoms with Crippen molar-refractivity contribution in [1.29, 1.82) is 0 Å². The minimum atomic E-state index is -3.21. The van der Waals surface area contributed by atoms with E-state index in [4.69, 9.17) is 0 Å². The summed E-state index contributed by atoms with van der Waals surface area (Å²) < 4.78 is 26.0. The molecule has 7 heteroatoms. The van der Waals surface area contributed by atoms with Crippen LogP contribution in [0.2, 0.25) is 0 Å². The van der Waals surface area contributed by atoms with Crippen LogP contribution in [0.4, 0.5) is 0 Å². The van der Waals surface area contributed by atoms with Crippen molar-refractivity contribution in [2.24, 2.45) is 0 Å². The number of aryl methyl sites for hydroxylation is 1. The van der Waals surface area contributed by atoms with E-state index in [-0.39, 0.29) is 5.75 Å². The van der Waals surface area contributed by atoms with Crippen molar-refractivity contribution in [1.82, 2.24) is 4.98 Å². The Morgan fingerprint density at radius 2 is 2.00 bits per heavy atom. The maximum Gasteiger partial charge on any atom is 0.179 e. The van der Waals surface area contributed by atoms with Gasteiger partial charge in [0.05, 0.1) is 10.6 Å². The molecule has 0 fully saturated rings. The summed E-state index contributed by atoms with van der Waals surface area (Å²) in [6, 6.07) is 6.73. The Bertz CT molecular complexity index is 650. The van der Waals surface area contributed by atoms with Crippen LogP contribution in [0.3, 0.4) is 0 Å². The highest BCUT2D eigenvalue weighted by molar-refractivity contribution is 9.10. The van der Waals surface area contributed by atoms with E-state index in [9.17, 15) is 8.42 Å². The van der Waals surface area contributed by atoms with Gasteiger partial charge in [-0.2, -0.15) is 0 Å². The zero-order valence-electron chi connectivity index (χ0n) is 10.2. The van der Waals surface area contributed by atoms with Crippen molar-refractivity contribution in [3.05, 3.63) is 39.8 Å². The van der Waals surface area contributed by atoms with E-state index >= 15 is 0 Å². The molecule has 1 aromatic carbocycles. The number of halogens is 1. The van der Waals surface area contributed by atoms with E-state index in [0.717, 1.165) is 14.5 Å². The van der Waals surface area contributed by atoms with E-state index < -0.39 is 9.84 Å². The Labute approximate surface area is 129 Å².